The molecule has 0 amide bonds. The molecule has 2 N–H and O–H groups in total. The summed E-state index contributed by atoms with van der Waals surface area (Å²) in [6.07, 6.45) is 0. The van der Waals surface area contributed by atoms with E-state index in [2.05, 4.69) is 4.72 Å². The second-order valence-corrected chi connectivity index (χ2v) is 5.82. The number of ether oxygens (including phenoxy) is 1. The number of aliphatic hydroxyl groups excluding tert-OH is 1. The van der Waals surface area contributed by atoms with E-state index in [9.17, 15) is 8.42 Å². The molecule has 0 heterocycles. The summed E-state index contributed by atoms with van der Waals surface area (Å²) in [7, 11) is -2.11. The normalized spacial score (nSPS) is 11.1. The van der Waals surface area contributed by atoms with Gasteiger partial charge in [-0.2, -0.15) is 0 Å². The molecular weight excluding hydrogens is 278 g/mol. The van der Waals surface area contributed by atoms with Gasteiger partial charge in [0.25, 0.3) is 10.0 Å². The van der Waals surface area contributed by atoms with Crippen LogP contribution in [-0.2, 0) is 16.6 Å². The summed E-state index contributed by atoms with van der Waals surface area (Å²) in [5.74, 6) is 0.594. The maximum atomic E-state index is 12.2. The molecule has 0 saturated carbocycles. The van der Waals surface area contributed by atoms with Crippen LogP contribution in [0.4, 0.5) is 5.69 Å². The average molecular weight is 293 g/mol. The quantitative estimate of drug-likeness (QED) is 0.884. The number of hydrogen-bond donors (Lipinski definition) is 2. The zero-order valence-corrected chi connectivity index (χ0v) is 11.7. The molecule has 0 atom stereocenters. The lowest BCUT2D eigenvalue weighted by molar-refractivity contribution is 0.282. The fourth-order valence-electron chi connectivity index (χ4n) is 1.65. The maximum absolute atomic E-state index is 12.2. The van der Waals surface area contributed by atoms with Crippen LogP contribution in [0.25, 0.3) is 0 Å². The van der Waals surface area contributed by atoms with Gasteiger partial charge in [-0.15, -0.1) is 0 Å². The molecule has 106 valence electrons. The lowest BCUT2D eigenvalue weighted by Gasteiger charge is -2.09. The monoisotopic (exact) mass is 293 g/mol. The number of hydrogen-bond acceptors (Lipinski definition) is 4. The topological polar surface area (TPSA) is 75.6 Å². The van der Waals surface area contributed by atoms with Crippen LogP contribution in [-0.4, -0.2) is 20.6 Å². The lowest BCUT2D eigenvalue weighted by Crippen LogP contribution is -2.12. The van der Waals surface area contributed by atoms with E-state index in [1.165, 1.54) is 19.2 Å². The van der Waals surface area contributed by atoms with E-state index in [1.54, 1.807) is 36.4 Å². The van der Waals surface area contributed by atoms with E-state index in [1.807, 2.05) is 0 Å². The van der Waals surface area contributed by atoms with Gasteiger partial charge in [0.1, 0.15) is 5.75 Å². The Balaban J connectivity index is 2.20. The van der Waals surface area contributed by atoms with Gasteiger partial charge >= 0.3 is 0 Å². The molecule has 0 radical (unpaired) electrons. The summed E-state index contributed by atoms with van der Waals surface area (Å²) >= 11 is 0. The molecule has 6 heteroatoms. The fourth-order valence-corrected chi connectivity index (χ4v) is 2.71. The molecule has 0 spiro atoms. The maximum Gasteiger partial charge on any atom is 0.261 e. The minimum atomic E-state index is -3.63. The van der Waals surface area contributed by atoms with Crippen LogP contribution in [0.15, 0.2) is 53.4 Å². The van der Waals surface area contributed by atoms with Crippen LogP contribution in [0, 0.1) is 0 Å². The van der Waals surface area contributed by atoms with E-state index < -0.39 is 10.0 Å². The van der Waals surface area contributed by atoms with E-state index in [4.69, 9.17) is 9.84 Å². The van der Waals surface area contributed by atoms with E-state index >= 15 is 0 Å². The summed E-state index contributed by atoms with van der Waals surface area (Å²) in [6, 6.07) is 12.6. The van der Waals surface area contributed by atoms with Crippen molar-refractivity contribution in [3.05, 3.63) is 54.1 Å². The highest BCUT2D eigenvalue weighted by atomic mass is 32.2. The lowest BCUT2D eigenvalue weighted by atomic mass is 10.2. The standard InChI is InChI=1S/C14H15NO4S/c1-19-13-6-8-14(9-7-13)20(17,18)15-12-4-2-11(10-16)3-5-12/h2-9,15-16H,10H2,1H3. The van der Waals surface area contributed by atoms with Gasteiger partial charge in [-0.05, 0) is 42.0 Å². The number of benzene rings is 2. The van der Waals surface area contributed by atoms with Crippen LogP contribution in [0.3, 0.4) is 0 Å². The van der Waals surface area contributed by atoms with Gasteiger partial charge in [0, 0.05) is 5.69 Å². The van der Waals surface area contributed by atoms with Crippen molar-refractivity contribution in [2.75, 3.05) is 11.8 Å². The second kappa shape index (κ2) is 5.94. The number of rotatable bonds is 5. The van der Waals surface area contributed by atoms with E-state index in [0.717, 1.165) is 5.56 Å². The summed E-state index contributed by atoms with van der Waals surface area (Å²) < 4.78 is 31.8. The Morgan fingerprint density at radius 1 is 1.05 bits per heavy atom. The largest absolute Gasteiger partial charge is 0.497 e. The van der Waals surface area contributed by atoms with Gasteiger partial charge in [-0.3, -0.25) is 4.72 Å². The third kappa shape index (κ3) is 3.28. The van der Waals surface area contributed by atoms with Crippen LogP contribution in [0.1, 0.15) is 5.56 Å². The van der Waals surface area contributed by atoms with Gasteiger partial charge in [0.2, 0.25) is 0 Å². The van der Waals surface area contributed by atoms with Crippen LogP contribution in [0.2, 0.25) is 0 Å². The summed E-state index contributed by atoms with van der Waals surface area (Å²) in [6.45, 7) is -0.0779. The number of nitrogens with one attached hydrogen (secondary N) is 1. The number of anilines is 1. The first-order valence-electron chi connectivity index (χ1n) is 5.92. The third-order valence-corrected chi connectivity index (χ3v) is 4.16. The van der Waals surface area contributed by atoms with Crippen molar-refractivity contribution in [2.24, 2.45) is 0 Å². The molecule has 0 aliphatic carbocycles. The highest BCUT2D eigenvalue weighted by Gasteiger charge is 2.13. The second-order valence-electron chi connectivity index (χ2n) is 4.14. The predicted octanol–water partition coefficient (Wildman–Crippen LogP) is 1.99. The van der Waals surface area contributed by atoms with Crippen molar-refractivity contribution in [2.45, 2.75) is 11.5 Å². The summed E-state index contributed by atoms with van der Waals surface area (Å²) in [5, 5.41) is 8.94. The Hall–Kier alpha value is -2.05. The first-order chi connectivity index (χ1) is 9.55. The van der Waals surface area contributed by atoms with Crippen molar-refractivity contribution >= 4 is 15.7 Å². The Morgan fingerprint density at radius 3 is 2.15 bits per heavy atom. The fraction of sp³-hybridized carbons (Fsp3) is 0.143. The van der Waals surface area contributed by atoms with Crippen LogP contribution >= 0.6 is 0 Å². The molecule has 0 saturated heterocycles. The number of aliphatic hydroxyl groups is 1. The first kappa shape index (κ1) is 14.4. The van der Waals surface area contributed by atoms with Gasteiger partial charge < -0.3 is 9.84 Å². The van der Waals surface area contributed by atoms with Crippen molar-refractivity contribution in [1.29, 1.82) is 0 Å². The molecule has 0 aliphatic rings. The molecule has 0 fully saturated rings. The number of sulfonamides is 1. The number of methoxy groups -OCH3 is 1. The molecular formula is C14H15NO4S. The molecule has 0 unspecified atom stereocenters. The van der Waals surface area contributed by atoms with Crippen LogP contribution in [0.5, 0.6) is 5.75 Å². The zero-order valence-electron chi connectivity index (χ0n) is 10.9. The molecule has 2 aromatic rings. The molecule has 0 aromatic heterocycles. The Labute approximate surface area is 117 Å². The first-order valence-corrected chi connectivity index (χ1v) is 7.40. The highest BCUT2D eigenvalue weighted by molar-refractivity contribution is 7.92. The Morgan fingerprint density at radius 2 is 1.65 bits per heavy atom. The van der Waals surface area contributed by atoms with Crippen LogP contribution < -0.4 is 9.46 Å². The summed E-state index contributed by atoms with van der Waals surface area (Å²) in [5.41, 5.74) is 1.16. The van der Waals surface area contributed by atoms with Gasteiger partial charge in [0.15, 0.2) is 0 Å². The summed E-state index contributed by atoms with van der Waals surface area (Å²) in [4.78, 5) is 0.157. The molecule has 2 aromatic carbocycles. The van der Waals surface area contributed by atoms with Gasteiger partial charge in [-0.25, -0.2) is 8.42 Å². The van der Waals surface area contributed by atoms with Crippen molar-refractivity contribution < 1.29 is 18.3 Å². The predicted molar refractivity (Wildman–Crippen MR) is 76.2 cm³/mol. The molecule has 0 bridgehead atoms. The van der Waals surface area contributed by atoms with Crippen molar-refractivity contribution in [3.63, 3.8) is 0 Å². The molecule has 0 aliphatic heterocycles. The van der Waals surface area contributed by atoms with E-state index in [0.29, 0.717) is 11.4 Å². The zero-order chi connectivity index (χ0) is 14.6. The van der Waals surface area contributed by atoms with Crippen molar-refractivity contribution in [1.82, 2.24) is 0 Å². The molecule has 5 nitrogen and oxygen atoms in total. The van der Waals surface area contributed by atoms with Gasteiger partial charge in [0.05, 0.1) is 18.6 Å². The van der Waals surface area contributed by atoms with Gasteiger partial charge in [-0.1, -0.05) is 12.1 Å². The van der Waals surface area contributed by atoms with Crippen molar-refractivity contribution in [3.8, 4) is 5.75 Å². The molecule has 2 rings (SSSR count). The average Bonchev–Trinajstić information content (AvgIpc) is 2.48. The minimum Gasteiger partial charge on any atom is -0.497 e. The highest BCUT2D eigenvalue weighted by Crippen LogP contribution is 2.19. The minimum absolute atomic E-state index is 0.0779. The van der Waals surface area contributed by atoms with E-state index in [-0.39, 0.29) is 11.5 Å². The SMILES string of the molecule is COc1ccc(S(=O)(=O)Nc2ccc(CO)cc2)cc1. The third-order valence-electron chi connectivity index (χ3n) is 2.76. The Kier molecular flexibility index (Phi) is 4.26. The molecule has 20 heavy (non-hydrogen) atoms. The smallest absolute Gasteiger partial charge is 0.261 e. The Bertz CT molecular complexity index is 663.